The van der Waals surface area contributed by atoms with Crippen LogP contribution in [0, 0.1) is 0 Å². The molecule has 1 heterocycles. The van der Waals surface area contributed by atoms with E-state index in [-0.39, 0.29) is 24.2 Å². The van der Waals surface area contributed by atoms with Gasteiger partial charge in [0.05, 0.1) is 12.3 Å². The molecule has 1 aromatic rings. The van der Waals surface area contributed by atoms with Crippen molar-refractivity contribution in [2.24, 2.45) is 0 Å². The summed E-state index contributed by atoms with van der Waals surface area (Å²) in [6.45, 7) is 7.06. The van der Waals surface area contributed by atoms with E-state index in [1.54, 1.807) is 6.92 Å². The summed E-state index contributed by atoms with van der Waals surface area (Å²) in [5.74, 6) is -0.675. The molecule has 0 saturated heterocycles. The normalized spacial score (nSPS) is 13.6. The van der Waals surface area contributed by atoms with Crippen LogP contribution in [-0.4, -0.2) is 32.2 Å². The first-order chi connectivity index (χ1) is 8.68. The van der Waals surface area contributed by atoms with Gasteiger partial charge in [0.2, 0.25) is 11.7 Å². The first-order valence-electron chi connectivity index (χ1n) is 6.05. The van der Waals surface area contributed by atoms with E-state index in [9.17, 15) is 13.2 Å². The molecule has 0 saturated carbocycles. The van der Waals surface area contributed by atoms with Gasteiger partial charge in [-0.05, 0) is 19.8 Å². The predicted molar refractivity (Wildman–Crippen MR) is 69.8 cm³/mol. The average Bonchev–Trinajstić information content (AvgIpc) is 2.71. The third-order valence-corrected chi connectivity index (χ3v) is 4.15. The molecular weight excluding hydrogens is 270 g/mol. The lowest BCUT2D eigenvalue weighted by Crippen LogP contribution is -2.08. The molecule has 0 aliphatic heterocycles. The molecule has 0 aromatic carbocycles. The highest BCUT2D eigenvalue weighted by molar-refractivity contribution is 7.90. The van der Waals surface area contributed by atoms with Crippen LogP contribution < -0.4 is 0 Å². The summed E-state index contributed by atoms with van der Waals surface area (Å²) in [6.07, 6.45) is 1.10. The minimum absolute atomic E-state index is 0.0117. The number of aromatic nitrogens is 1. The summed E-state index contributed by atoms with van der Waals surface area (Å²) < 4.78 is 33.2. The maximum absolute atomic E-state index is 11.8. The lowest BCUT2D eigenvalue weighted by Gasteiger charge is -2.03. The van der Waals surface area contributed by atoms with Crippen molar-refractivity contribution in [2.45, 2.75) is 38.9 Å². The van der Waals surface area contributed by atoms with Gasteiger partial charge in [0.1, 0.15) is 5.25 Å². The molecule has 1 atom stereocenters. The number of oxazole rings is 1. The Kier molecular flexibility index (Phi) is 4.73. The van der Waals surface area contributed by atoms with Crippen molar-refractivity contribution in [3.8, 4) is 0 Å². The predicted octanol–water partition coefficient (Wildman–Crippen LogP) is 2.08. The molecule has 1 unspecified atom stereocenters. The molecular formula is C12H19NO5S. The van der Waals surface area contributed by atoms with E-state index in [1.807, 2.05) is 13.8 Å². The van der Waals surface area contributed by atoms with Crippen molar-refractivity contribution in [1.29, 1.82) is 0 Å². The van der Waals surface area contributed by atoms with Crippen molar-refractivity contribution >= 4 is 15.8 Å². The van der Waals surface area contributed by atoms with Gasteiger partial charge < -0.3 is 9.15 Å². The Bertz CT molecular complexity index is 559. The van der Waals surface area contributed by atoms with Crippen molar-refractivity contribution in [3.05, 3.63) is 17.3 Å². The van der Waals surface area contributed by atoms with Gasteiger partial charge in [0.25, 0.3) is 0 Å². The summed E-state index contributed by atoms with van der Waals surface area (Å²) in [6, 6.07) is 0. The Morgan fingerprint density at radius 3 is 2.37 bits per heavy atom. The summed E-state index contributed by atoms with van der Waals surface area (Å²) in [4.78, 5) is 15.9. The molecule has 6 nitrogen and oxygen atoms in total. The number of rotatable bonds is 5. The van der Waals surface area contributed by atoms with Crippen LogP contribution in [0.25, 0.3) is 0 Å². The van der Waals surface area contributed by atoms with Crippen molar-refractivity contribution in [1.82, 2.24) is 4.98 Å². The Hall–Kier alpha value is -1.37. The van der Waals surface area contributed by atoms with Gasteiger partial charge >= 0.3 is 5.97 Å². The molecule has 7 heteroatoms. The fourth-order valence-corrected chi connectivity index (χ4v) is 1.91. The van der Waals surface area contributed by atoms with Crippen molar-refractivity contribution in [2.75, 3.05) is 12.9 Å². The molecule has 0 bridgehead atoms. The summed E-state index contributed by atoms with van der Waals surface area (Å²) in [5.41, 5.74) is 0.420. The minimum atomic E-state index is -3.33. The zero-order chi connectivity index (χ0) is 14.8. The first-order valence-corrected chi connectivity index (χ1v) is 8.00. The number of ether oxygens (including phenoxy) is 1. The highest BCUT2D eigenvalue weighted by Crippen LogP contribution is 2.27. The number of esters is 1. The van der Waals surface area contributed by atoms with Crippen LogP contribution in [0.4, 0.5) is 0 Å². The zero-order valence-electron chi connectivity index (χ0n) is 11.8. The standard InChI is InChI=1S/C12H19NO5S/c1-6-17-12(14)10-9(7(2)3)13-11(18-10)8(4)19(5,15)16/h7-8H,6H2,1-5H3. The lowest BCUT2D eigenvalue weighted by molar-refractivity contribution is 0.0485. The summed E-state index contributed by atoms with van der Waals surface area (Å²) >= 11 is 0. The molecule has 0 aliphatic rings. The van der Waals surface area contributed by atoms with Gasteiger partial charge in [-0.3, -0.25) is 0 Å². The fraction of sp³-hybridized carbons (Fsp3) is 0.667. The fourth-order valence-electron chi connectivity index (χ4n) is 1.44. The number of sulfone groups is 1. The van der Waals surface area contributed by atoms with Gasteiger partial charge in [-0.15, -0.1) is 0 Å². The van der Waals surface area contributed by atoms with E-state index in [4.69, 9.17) is 9.15 Å². The van der Waals surface area contributed by atoms with Crippen LogP contribution in [0.3, 0.4) is 0 Å². The van der Waals surface area contributed by atoms with Gasteiger partial charge in [-0.25, -0.2) is 18.2 Å². The Balaban J connectivity index is 3.26. The maximum Gasteiger partial charge on any atom is 0.376 e. The molecule has 1 rings (SSSR count). The van der Waals surface area contributed by atoms with Crippen LogP contribution in [-0.2, 0) is 14.6 Å². The Morgan fingerprint density at radius 2 is 1.95 bits per heavy atom. The molecule has 0 spiro atoms. The number of carbonyl (C=O) groups excluding carboxylic acids is 1. The Labute approximate surface area is 113 Å². The highest BCUT2D eigenvalue weighted by Gasteiger charge is 2.29. The quantitative estimate of drug-likeness (QED) is 0.771. The lowest BCUT2D eigenvalue weighted by atomic mass is 10.1. The van der Waals surface area contributed by atoms with E-state index in [0.717, 1.165) is 6.26 Å². The molecule has 0 radical (unpaired) electrons. The van der Waals surface area contributed by atoms with E-state index in [2.05, 4.69) is 4.98 Å². The van der Waals surface area contributed by atoms with E-state index in [0.29, 0.717) is 5.69 Å². The number of hydrogen-bond donors (Lipinski definition) is 0. The third-order valence-electron chi connectivity index (χ3n) is 2.67. The van der Waals surface area contributed by atoms with Crippen LogP contribution >= 0.6 is 0 Å². The van der Waals surface area contributed by atoms with Gasteiger partial charge in [0.15, 0.2) is 9.84 Å². The third kappa shape index (κ3) is 3.56. The van der Waals surface area contributed by atoms with Gasteiger partial charge in [-0.2, -0.15) is 0 Å². The largest absolute Gasteiger partial charge is 0.460 e. The topological polar surface area (TPSA) is 86.5 Å². The second-order valence-electron chi connectivity index (χ2n) is 4.61. The van der Waals surface area contributed by atoms with Crippen LogP contribution in [0.15, 0.2) is 4.42 Å². The summed E-state index contributed by atoms with van der Waals surface area (Å²) in [5, 5.41) is -0.895. The molecule has 0 N–H and O–H groups in total. The minimum Gasteiger partial charge on any atom is -0.460 e. The Morgan fingerprint density at radius 1 is 1.37 bits per heavy atom. The molecule has 0 fully saturated rings. The van der Waals surface area contributed by atoms with Crippen molar-refractivity contribution in [3.63, 3.8) is 0 Å². The maximum atomic E-state index is 11.8. The second-order valence-corrected chi connectivity index (χ2v) is 6.98. The van der Waals surface area contributed by atoms with Gasteiger partial charge in [-0.1, -0.05) is 13.8 Å². The molecule has 0 amide bonds. The van der Waals surface area contributed by atoms with Gasteiger partial charge in [0, 0.05) is 6.26 Å². The van der Waals surface area contributed by atoms with E-state index >= 15 is 0 Å². The zero-order valence-corrected chi connectivity index (χ0v) is 12.6. The van der Waals surface area contributed by atoms with Crippen LogP contribution in [0.1, 0.15) is 61.0 Å². The first kappa shape index (κ1) is 15.7. The highest BCUT2D eigenvalue weighted by atomic mass is 32.2. The number of carbonyl (C=O) groups is 1. The average molecular weight is 289 g/mol. The monoisotopic (exact) mass is 289 g/mol. The van der Waals surface area contributed by atoms with E-state index < -0.39 is 21.1 Å². The SMILES string of the molecule is CCOC(=O)c1oc(C(C)S(C)(=O)=O)nc1C(C)C. The summed E-state index contributed by atoms with van der Waals surface area (Å²) in [7, 11) is -3.33. The van der Waals surface area contributed by atoms with Crippen molar-refractivity contribution < 1.29 is 22.4 Å². The van der Waals surface area contributed by atoms with Crippen LogP contribution in [0.2, 0.25) is 0 Å². The molecule has 1 aromatic heterocycles. The molecule has 108 valence electrons. The van der Waals surface area contributed by atoms with Crippen LogP contribution in [0.5, 0.6) is 0 Å². The van der Waals surface area contributed by atoms with E-state index in [1.165, 1.54) is 6.92 Å². The number of nitrogens with zero attached hydrogens (tertiary/aromatic N) is 1. The molecule has 19 heavy (non-hydrogen) atoms. The second kappa shape index (κ2) is 5.73. The molecule has 0 aliphatic carbocycles. The smallest absolute Gasteiger partial charge is 0.376 e. The number of hydrogen-bond acceptors (Lipinski definition) is 6.